The summed E-state index contributed by atoms with van der Waals surface area (Å²) >= 11 is 0. The minimum Gasteiger partial charge on any atom is -0.504 e. The molecular formula is C6H6N2O2. The van der Waals surface area contributed by atoms with Crippen molar-refractivity contribution in [3.63, 3.8) is 0 Å². The van der Waals surface area contributed by atoms with Gasteiger partial charge in [0.1, 0.15) is 11.0 Å². The van der Waals surface area contributed by atoms with Crippen molar-refractivity contribution in [1.29, 1.82) is 0 Å². The Hall–Kier alpha value is -1.58. The van der Waals surface area contributed by atoms with Crippen LogP contribution in [0, 0.1) is 0 Å². The number of hydrogen-bond donors (Lipinski definition) is 4. The normalized spacial score (nSPS) is 10.8. The van der Waals surface area contributed by atoms with Crippen molar-refractivity contribution < 1.29 is 10.2 Å². The van der Waals surface area contributed by atoms with Crippen LogP contribution in [0.15, 0.2) is 12.4 Å². The molecule has 0 saturated carbocycles. The maximum Gasteiger partial charge on any atom is 0.157 e. The second-order valence-corrected chi connectivity index (χ2v) is 2.10. The van der Waals surface area contributed by atoms with Gasteiger partial charge < -0.3 is 20.2 Å². The molecule has 4 heteroatoms. The van der Waals surface area contributed by atoms with Crippen molar-refractivity contribution in [2.24, 2.45) is 0 Å². The minimum atomic E-state index is 0.121. The molecule has 0 aliphatic carbocycles. The van der Waals surface area contributed by atoms with E-state index in [4.69, 9.17) is 10.2 Å². The second-order valence-electron chi connectivity index (χ2n) is 2.10. The molecule has 0 bridgehead atoms. The first-order valence-electron chi connectivity index (χ1n) is 2.85. The predicted molar refractivity (Wildman–Crippen MR) is 36.0 cm³/mol. The van der Waals surface area contributed by atoms with Crippen LogP contribution in [0.3, 0.4) is 0 Å². The Bertz CT molecular complexity index is 325. The lowest BCUT2D eigenvalue weighted by atomic mass is 10.4. The summed E-state index contributed by atoms with van der Waals surface area (Å²) in [4.78, 5) is 5.41. The van der Waals surface area contributed by atoms with Gasteiger partial charge in [0, 0.05) is 12.4 Å². The van der Waals surface area contributed by atoms with Gasteiger partial charge in [0.25, 0.3) is 0 Å². The molecule has 0 aliphatic rings. The summed E-state index contributed by atoms with van der Waals surface area (Å²) in [5, 5.41) is 18.1. The molecule has 0 amide bonds. The van der Waals surface area contributed by atoms with Crippen molar-refractivity contribution in [2.75, 3.05) is 0 Å². The molecule has 0 spiro atoms. The standard InChI is InChI=1S/C6H6N2O2/c9-3-1-7-6-4(10)2-8-5(3)6/h1-2,7-10H. The van der Waals surface area contributed by atoms with Crippen molar-refractivity contribution in [2.45, 2.75) is 0 Å². The van der Waals surface area contributed by atoms with Crippen LogP contribution in [-0.4, -0.2) is 20.2 Å². The Kier molecular flexibility index (Phi) is 0.768. The third kappa shape index (κ3) is 0.452. The molecule has 52 valence electrons. The Balaban J connectivity index is 2.95. The lowest BCUT2D eigenvalue weighted by Crippen LogP contribution is -1.56. The molecule has 0 aliphatic heterocycles. The van der Waals surface area contributed by atoms with E-state index in [9.17, 15) is 0 Å². The average Bonchev–Trinajstić information content (AvgIpc) is 2.41. The van der Waals surface area contributed by atoms with Crippen LogP contribution in [0.2, 0.25) is 0 Å². The van der Waals surface area contributed by atoms with E-state index in [1.807, 2.05) is 0 Å². The molecule has 2 aromatic rings. The monoisotopic (exact) mass is 138 g/mol. The van der Waals surface area contributed by atoms with Gasteiger partial charge in [-0.05, 0) is 0 Å². The number of H-pyrrole nitrogens is 2. The van der Waals surface area contributed by atoms with Gasteiger partial charge in [0.05, 0.1) is 0 Å². The minimum absolute atomic E-state index is 0.121. The quantitative estimate of drug-likeness (QED) is 0.437. The zero-order valence-corrected chi connectivity index (χ0v) is 5.05. The highest BCUT2D eigenvalue weighted by molar-refractivity contribution is 5.87. The van der Waals surface area contributed by atoms with Crippen LogP contribution < -0.4 is 0 Å². The molecule has 0 unspecified atom stereocenters. The summed E-state index contributed by atoms with van der Waals surface area (Å²) < 4.78 is 0. The third-order valence-corrected chi connectivity index (χ3v) is 1.47. The molecule has 0 fully saturated rings. The van der Waals surface area contributed by atoms with Crippen molar-refractivity contribution >= 4 is 11.0 Å². The summed E-state index contributed by atoms with van der Waals surface area (Å²) in [5.74, 6) is 0.241. The van der Waals surface area contributed by atoms with Gasteiger partial charge in [-0.2, -0.15) is 0 Å². The van der Waals surface area contributed by atoms with E-state index in [0.717, 1.165) is 0 Å². The van der Waals surface area contributed by atoms with E-state index >= 15 is 0 Å². The molecule has 2 heterocycles. The first-order chi connectivity index (χ1) is 4.79. The highest BCUT2D eigenvalue weighted by Crippen LogP contribution is 2.28. The molecule has 4 N–H and O–H groups in total. The molecule has 2 aromatic heterocycles. The fourth-order valence-electron chi connectivity index (χ4n) is 0.974. The van der Waals surface area contributed by atoms with Crippen LogP contribution in [0.1, 0.15) is 0 Å². The van der Waals surface area contributed by atoms with Crippen molar-refractivity contribution in [3.8, 4) is 11.5 Å². The van der Waals surface area contributed by atoms with Crippen LogP contribution in [-0.2, 0) is 0 Å². The number of nitrogens with one attached hydrogen (secondary N) is 2. The number of hydrogen-bond acceptors (Lipinski definition) is 2. The maximum atomic E-state index is 9.05. The van der Waals surface area contributed by atoms with E-state index in [2.05, 4.69) is 9.97 Å². The Morgan fingerprint density at radius 3 is 1.70 bits per heavy atom. The topological polar surface area (TPSA) is 72.0 Å². The summed E-state index contributed by atoms with van der Waals surface area (Å²) in [6, 6.07) is 0. The number of aromatic hydroxyl groups is 2. The van der Waals surface area contributed by atoms with E-state index in [1.54, 1.807) is 0 Å². The van der Waals surface area contributed by atoms with Gasteiger partial charge in [-0.25, -0.2) is 0 Å². The van der Waals surface area contributed by atoms with Crippen molar-refractivity contribution in [3.05, 3.63) is 12.4 Å². The Morgan fingerprint density at radius 2 is 1.30 bits per heavy atom. The van der Waals surface area contributed by atoms with E-state index in [-0.39, 0.29) is 11.5 Å². The molecule has 0 atom stereocenters. The molecule has 2 rings (SSSR count). The smallest absolute Gasteiger partial charge is 0.157 e. The maximum absolute atomic E-state index is 9.05. The Morgan fingerprint density at radius 1 is 0.900 bits per heavy atom. The van der Waals surface area contributed by atoms with Gasteiger partial charge in [-0.3, -0.25) is 0 Å². The SMILES string of the molecule is Oc1c[nH]c2c(O)c[nH]c12. The van der Waals surface area contributed by atoms with E-state index in [1.165, 1.54) is 12.4 Å². The summed E-state index contributed by atoms with van der Waals surface area (Å²) in [6.45, 7) is 0. The van der Waals surface area contributed by atoms with Crippen LogP contribution >= 0.6 is 0 Å². The number of rotatable bonds is 0. The van der Waals surface area contributed by atoms with E-state index in [0.29, 0.717) is 11.0 Å². The summed E-state index contributed by atoms with van der Waals surface area (Å²) in [6.07, 6.45) is 2.84. The highest BCUT2D eigenvalue weighted by atomic mass is 16.3. The highest BCUT2D eigenvalue weighted by Gasteiger charge is 2.06. The number of fused-ring (bicyclic) bond motifs is 1. The fraction of sp³-hybridized carbons (Fsp3) is 0. The van der Waals surface area contributed by atoms with Gasteiger partial charge in [0.2, 0.25) is 0 Å². The average molecular weight is 138 g/mol. The van der Waals surface area contributed by atoms with E-state index < -0.39 is 0 Å². The zero-order valence-electron chi connectivity index (χ0n) is 5.05. The molecule has 0 saturated heterocycles. The molecule has 0 aromatic carbocycles. The van der Waals surface area contributed by atoms with Crippen LogP contribution in [0.25, 0.3) is 11.0 Å². The number of aromatic nitrogens is 2. The largest absolute Gasteiger partial charge is 0.504 e. The molecule has 4 nitrogen and oxygen atoms in total. The number of aromatic amines is 2. The first-order valence-corrected chi connectivity index (χ1v) is 2.85. The van der Waals surface area contributed by atoms with Crippen LogP contribution in [0.5, 0.6) is 11.5 Å². The van der Waals surface area contributed by atoms with Gasteiger partial charge in [0.15, 0.2) is 11.5 Å². The zero-order chi connectivity index (χ0) is 7.14. The van der Waals surface area contributed by atoms with Crippen LogP contribution in [0.4, 0.5) is 0 Å². The first kappa shape index (κ1) is 5.22. The lowest BCUT2D eigenvalue weighted by Gasteiger charge is -1.77. The second kappa shape index (κ2) is 1.47. The molecular weight excluding hydrogens is 132 g/mol. The molecule has 0 radical (unpaired) electrons. The summed E-state index contributed by atoms with van der Waals surface area (Å²) in [7, 11) is 0. The van der Waals surface area contributed by atoms with Gasteiger partial charge in [-0.15, -0.1) is 0 Å². The Labute approximate surface area is 56.1 Å². The predicted octanol–water partition coefficient (Wildman–Crippen LogP) is 0.907. The third-order valence-electron chi connectivity index (χ3n) is 1.47. The molecule has 10 heavy (non-hydrogen) atoms. The fourth-order valence-corrected chi connectivity index (χ4v) is 0.974. The van der Waals surface area contributed by atoms with Crippen molar-refractivity contribution in [1.82, 2.24) is 9.97 Å². The summed E-state index contributed by atoms with van der Waals surface area (Å²) in [5.41, 5.74) is 1.08. The lowest BCUT2D eigenvalue weighted by molar-refractivity contribution is 0.479. The van der Waals surface area contributed by atoms with Gasteiger partial charge >= 0.3 is 0 Å². The van der Waals surface area contributed by atoms with Gasteiger partial charge in [-0.1, -0.05) is 0 Å².